The number of hydrogen-bond acceptors (Lipinski definition) is 2. The molecule has 0 amide bonds. The van der Waals surface area contributed by atoms with Crippen molar-refractivity contribution in [2.45, 2.75) is 6.54 Å². The van der Waals surface area contributed by atoms with E-state index in [0.29, 0.717) is 11.0 Å². The maximum Gasteiger partial charge on any atom is 0.265 e. The van der Waals surface area contributed by atoms with Gasteiger partial charge < -0.3 is 9.30 Å². The number of aromatic nitrogens is 1. The van der Waals surface area contributed by atoms with Gasteiger partial charge in [-0.05, 0) is 51.8 Å². The number of hydrogen-bond donors (Lipinski definition) is 0. The van der Waals surface area contributed by atoms with Crippen LogP contribution in [0.1, 0.15) is 5.56 Å². The van der Waals surface area contributed by atoms with Crippen LogP contribution in [0.25, 0.3) is 0 Å². The molecule has 0 aliphatic carbocycles. The summed E-state index contributed by atoms with van der Waals surface area (Å²) in [5, 5.41) is 0. The lowest BCUT2D eigenvalue weighted by Crippen LogP contribution is -2.20. The summed E-state index contributed by atoms with van der Waals surface area (Å²) in [4.78, 5) is 11.9. The van der Waals surface area contributed by atoms with Gasteiger partial charge in [0.2, 0.25) is 0 Å². The molecule has 2 rings (SSSR count). The molecule has 0 aliphatic rings. The fourth-order valence-corrected chi connectivity index (χ4v) is 2.37. The Hall–Kier alpha value is -1.07. The van der Waals surface area contributed by atoms with Crippen LogP contribution in [0.15, 0.2) is 50.3 Å². The molecule has 2 aromatic rings. The van der Waals surface area contributed by atoms with Crippen molar-refractivity contribution >= 4 is 31.9 Å². The lowest BCUT2D eigenvalue weighted by molar-refractivity contribution is 0.414. The lowest BCUT2D eigenvalue weighted by atomic mass is 10.2. The second-order valence-corrected chi connectivity index (χ2v) is 5.46. The fourth-order valence-electron chi connectivity index (χ4n) is 1.61. The molecule has 1 heterocycles. The van der Waals surface area contributed by atoms with Crippen LogP contribution in [-0.4, -0.2) is 11.7 Å². The van der Waals surface area contributed by atoms with Crippen molar-refractivity contribution < 1.29 is 4.74 Å². The molecule has 0 radical (unpaired) electrons. The zero-order chi connectivity index (χ0) is 13.1. The van der Waals surface area contributed by atoms with Gasteiger partial charge in [-0.2, -0.15) is 0 Å². The molecular formula is C13H11Br2NO2. The molecule has 3 nitrogen and oxygen atoms in total. The van der Waals surface area contributed by atoms with E-state index < -0.39 is 0 Å². The van der Waals surface area contributed by atoms with Gasteiger partial charge in [-0.1, -0.05) is 15.9 Å². The number of rotatable bonds is 3. The SMILES string of the molecule is COc1ccc(Br)c(Cn2cccc(Br)c2=O)c1. The van der Waals surface area contributed by atoms with Gasteiger partial charge in [0.1, 0.15) is 5.75 Å². The van der Waals surface area contributed by atoms with Gasteiger partial charge in [-0.3, -0.25) is 4.79 Å². The highest BCUT2D eigenvalue weighted by Crippen LogP contribution is 2.23. The first-order valence-corrected chi connectivity index (χ1v) is 6.88. The van der Waals surface area contributed by atoms with Crippen molar-refractivity contribution in [1.82, 2.24) is 4.57 Å². The molecule has 0 fully saturated rings. The Morgan fingerprint density at radius 3 is 2.72 bits per heavy atom. The van der Waals surface area contributed by atoms with E-state index in [1.807, 2.05) is 24.3 Å². The third kappa shape index (κ3) is 2.84. The maximum absolute atomic E-state index is 11.9. The van der Waals surface area contributed by atoms with Crippen LogP contribution >= 0.6 is 31.9 Å². The standard InChI is InChI=1S/C13H11Br2NO2/c1-18-10-4-5-11(14)9(7-10)8-16-6-2-3-12(15)13(16)17/h2-7H,8H2,1H3. The number of ether oxygens (including phenoxy) is 1. The molecule has 94 valence electrons. The van der Waals surface area contributed by atoms with Crippen molar-refractivity contribution in [3.63, 3.8) is 0 Å². The zero-order valence-corrected chi connectivity index (χ0v) is 12.9. The van der Waals surface area contributed by atoms with Gasteiger partial charge >= 0.3 is 0 Å². The largest absolute Gasteiger partial charge is 0.497 e. The second-order valence-electron chi connectivity index (χ2n) is 3.75. The van der Waals surface area contributed by atoms with E-state index in [2.05, 4.69) is 31.9 Å². The molecule has 0 atom stereocenters. The molecule has 0 saturated heterocycles. The molecular weight excluding hydrogens is 362 g/mol. The molecule has 0 unspecified atom stereocenters. The van der Waals surface area contributed by atoms with Crippen LogP contribution in [0.4, 0.5) is 0 Å². The first kappa shape index (κ1) is 13.4. The first-order valence-electron chi connectivity index (χ1n) is 5.29. The summed E-state index contributed by atoms with van der Waals surface area (Å²) >= 11 is 6.71. The minimum absolute atomic E-state index is 0.0489. The molecule has 0 saturated carbocycles. The fraction of sp³-hybridized carbons (Fsp3) is 0.154. The van der Waals surface area contributed by atoms with Crippen LogP contribution in [0.3, 0.4) is 0 Å². The molecule has 0 bridgehead atoms. The summed E-state index contributed by atoms with van der Waals surface area (Å²) in [6, 6.07) is 9.27. The Kier molecular flexibility index (Phi) is 4.24. The van der Waals surface area contributed by atoms with Gasteiger partial charge in [0, 0.05) is 10.7 Å². The summed E-state index contributed by atoms with van der Waals surface area (Å²) < 4.78 is 8.34. The van der Waals surface area contributed by atoms with E-state index >= 15 is 0 Å². The highest BCUT2D eigenvalue weighted by molar-refractivity contribution is 9.10. The van der Waals surface area contributed by atoms with Crippen LogP contribution in [0.5, 0.6) is 5.75 Å². The number of methoxy groups -OCH3 is 1. The van der Waals surface area contributed by atoms with E-state index in [0.717, 1.165) is 15.8 Å². The Morgan fingerprint density at radius 1 is 1.22 bits per heavy atom. The molecule has 5 heteroatoms. The van der Waals surface area contributed by atoms with Gasteiger partial charge in [-0.15, -0.1) is 0 Å². The van der Waals surface area contributed by atoms with Crippen molar-refractivity contribution in [2.75, 3.05) is 7.11 Å². The van der Waals surface area contributed by atoms with Crippen LogP contribution in [-0.2, 0) is 6.54 Å². The average Bonchev–Trinajstić information content (AvgIpc) is 2.37. The number of benzene rings is 1. The van der Waals surface area contributed by atoms with Crippen molar-refractivity contribution in [3.05, 3.63) is 61.4 Å². The van der Waals surface area contributed by atoms with Crippen molar-refractivity contribution in [1.29, 1.82) is 0 Å². The predicted octanol–water partition coefficient (Wildman–Crippen LogP) is 3.43. The Balaban J connectivity index is 2.39. The molecule has 0 aliphatic heterocycles. The van der Waals surface area contributed by atoms with E-state index in [1.165, 1.54) is 0 Å². The topological polar surface area (TPSA) is 31.2 Å². The van der Waals surface area contributed by atoms with E-state index in [-0.39, 0.29) is 5.56 Å². The summed E-state index contributed by atoms with van der Waals surface area (Å²) in [5.41, 5.74) is 0.946. The molecule has 18 heavy (non-hydrogen) atoms. The van der Waals surface area contributed by atoms with E-state index in [9.17, 15) is 4.79 Å². The summed E-state index contributed by atoms with van der Waals surface area (Å²) in [7, 11) is 1.62. The van der Waals surface area contributed by atoms with E-state index in [4.69, 9.17) is 4.74 Å². The average molecular weight is 373 g/mol. The summed E-state index contributed by atoms with van der Waals surface area (Å²) in [6.07, 6.45) is 1.76. The molecule has 1 aromatic heterocycles. The van der Waals surface area contributed by atoms with Gasteiger partial charge in [0.05, 0.1) is 18.1 Å². The predicted molar refractivity (Wildman–Crippen MR) is 78.2 cm³/mol. The van der Waals surface area contributed by atoms with Crippen LogP contribution in [0.2, 0.25) is 0 Å². The maximum atomic E-state index is 11.9. The smallest absolute Gasteiger partial charge is 0.265 e. The minimum Gasteiger partial charge on any atom is -0.497 e. The van der Waals surface area contributed by atoms with E-state index in [1.54, 1.807) is 23.9 Å². The second kappa shape index (κ2) is 5.71. The monoisotopic (exact) mass is 371 g/mol. The Morgan fingerprint density at radius 2 is 2.00 bits per heavy atom. The van der Waals surface area contributed by atoms with Crippen molar-refractivity contribution in [3.8, 4) is 5.75 Å². The Labute approximate surface area is 122 Å². The van der Waals surface area contributed by atoms with Crippen LogP contribution in [0, 0.1) is 0 Å². The zero-order valence-electron chi connectivity index (χ0n) is 9.69. The minimum atomic E-state index is -0.0489. The highest BCUT2D eigenvalue weighted by Gasteiger charge is 2.05. The quantitative estimate of drug-likeness (QED) is 0.826. The molecule has 0 N–H and O–H groups in total. The van der Waals surface area contributed by atoms with Gasteiger partial charge in [-0.25, -0.2) is 0 Å². The molecule has 1 aromatic carbocycles. The van der Waals surface area contributed by atoms with Gasteiger partial charge in [0.25, 0.3) is 5.56 Å². The summed E-state index contributed by atoms with van der Waals surface area (Å²) in [6.45, 7) is 0.496. The lowest BCUT2D eigenvalue weighted by Gasteiger charge is -2.09. The Bertz CT molecular complexity index is 623. The summed E-state index contributed by atoms with van der Waals surface area (Å²) in [5.74, 6) is 0.774. The number of halogens is 2. The number of nitrogens with zero attached hydrogens (tertiary/aromatic N) is 1. The molecule has 0 spiro atoms. The third-order valence-corrected chi connectivity index (χ3v) is 3.94. The van der Waals surface area contributed by atoms with Crippen LogP contribution < -0.4 is 10.3 Å². The first-order chi connectivity index (χ1) is 8.61. The number of pyridine rings is 1. The normalized spacial score (nSPS) is 10.4. The van der Waals surface area contributed by atoms with Gasteiger partial charge in [0.15, 0.2) is 0 Å². The van der Waals surface area contributed by atoms with Crippen molar-refractivity contribution in [2.24, 2.45) is 0 Å². The highest BCUT2D eigenvalue weighted by atomic mass is 79.9. The third-order valence-electron chi connectivity index (χ3n) is 2.57.